The molecule has 24 heavy (non-hydrogen) atoms. The summed E-state index contributed by atoms with van der Waals surface area (Å²) in [5, 5.41) is 3.91. The third-order valence-electron chi connectivity index (χ3n) is 4.18. The van der Waals surface area contributed by atoms with Crippen molar-refractivity contribution in [3.8, 4) is 0 Å². The van der Waals surface area contributed by atoms with Crippen LogP contribution in [0, 0.1) is 27.7 Å². The maximum Gasteiger partial charge on any atom is 0.253 e. The lowest BCUT2D eigenvalue weighted by atomic mass is 10.00. The van der Waals surface area contributed by atoms with Gasteiger partial charge in [-0.05, 0) is 69.0 Å². The second-order valence-electron chi connectivity index (χ2n) is 6.03. The fourth-order valence-corrected chi connectivity index (χ4v) is 3.11. The molecule has 0 aliphatic heterocycles. The van der Waals surface area contributed by atoms with Gasteiger partial charge in [-0.2, -0.15) is 5.10 Å². The molecule has 3 nitrogen and oxygen atoms in total. The molecule has 0 saturated carbocycles. The van der Waals surface area contributed by atoms with Crippen molar-refractivity contribution in [2.45, 2.75) is 44.8 Å². The molecule has 0 aliphatic rings. The lowest BCUT2D eigenvalue weighted by Crippen LogP contribution is -2.26. The van der Waals surface area contributed by atoms with Crippen molar-refractivity contribution in [3.63, 3.8) is 0 Å². The maximum atomic E-state index is 12.2. The quantitative estimate of drug-likeness (QED) is 0.493. The van der Waals surface area contributed by atoms with Crippen LogP contribution in [0.15, 0.2) is 46.4 Å². The van der Waals surface area contributed by atoms with Crippen LogP contribution in [-0.4, -0.2) is 17.4 Å². The highest BCUT2D eigenvalue weighted by molar-refractivity contribution is 8.00. The molecule has 4 heteroatoms. The highest BCUT2D eigenvalue weighted by atomic mass is 32.2. The number of benzene rings is 2. The minimum atomic E-state index is -0.203. The van der Waals surface area contributed by atoms with Crippen LogP contribution in [0.2, 0.25) is 0 Å². The van der Waals surface area contributed by atoms with E-state index in [1.165, 1.54) is 34.0 Å². The van der Waals surface area contributed by atoms with Gasteiger partial charge in [-0.1, -0.05) is 29.8 Å². The fraction of sp³-hybridized carbons (Fsp3) is 0.300. The number of carbonyl (C=O) groups is 1. The minimum Gasteiger partial charge on any atom is -0.272 e. The molecule has 0 aromatic heterocycles. The first-order valence-corrected chi connectivity index (χ1v) is 8.89. The summed E-state index contributed by atoms with van der Waals surface area (Å²) in [6, 6.07) is 12.3. The summed E-state index contributed by atoms with van der Waals surface area (Å²) in [5.41, 5.74) is 8.58. The smallest absolute Gasteiger partial charge is 0.253 e. The zero-order chi connectivity index (χ0) is 17.7. The van der Waals surface area contributed by atoms with Crippen LogP contribution in [0.5, 0.6) is 0 Å². The standard InChI is InChI=1S/C20H24N2OS/c1-13-6-10-19(11-7-13)24-17(5)20(23)22-21-12-18-9-8-14(2)15(3)16(18)4/h6-12,17H,1-5H3,(H,22,23)/b21-12-/t17-/m0/s1. The van der Waals surface area contributed by atoms with Crippen LogP contribution >= 0.6 is 11.8 Å². The Kier molecular flexibility index (Phi) is 6.21. The molecule has 0 radical (unpaired) electrons. The molecule has 1 N–H and O–H groups in total. The average molecular weight is 340 g/mol. The predicted molar refractivity (Wildman–Crippen MR) is 103 cm³/mol. The molecule has 0 fully saturated rings. The van der Waals surface area contributed by atoms with E-state index in [0.29, 0.717) is 0 Å². The second kappa shape index (κ2) is 8.15. The largest absolute Gasteiger partial charge is 0.272 e. The summed E-state index contributed by atoms with van der Waals surface area (Å²) in [6.07, 6.45) is 1.71. The predicted octanol–water partition coefficient (Wildman–Crippen LogP) is 4.55. The summed E-state index contributed by atoms with van der Waals surface area (Å²) in [7, 11) is 0. The van der Waals surface area contributed by atoms with Crippen LogP contribution in [0.4, 0.5) is 0 Å². The highest BCUT2D eigenvalue weighted by Gasteiger charge is 2.13. The van der Waals surface area contributed by atoms with E-state index < -0.39 is 0 Å². The van der Waals surface area contributed by atoms with Gasteiger partial charge in [0.25, 0.3) is 5.91 Å². The molecule has 1 atom stereocenters. The first-order valence-electron chi connectivity index (χ1n) is 8.01. The number of hydrazone groups is 1. The van der Waals surface area contributed by atoms with Crippen molar-refractivity contribution >= 4 is 23.9 Å². The van der Waals surface area contributed by atoms with E-state index >= 15 is 0 Å². The molecular weight excluding hydrogens is 316 g/mol. The van der Waals surface area contributed by atoms with Crippen LogP contribution in [0.25, 0.3) is 0 Å². The monoisotopic (exact) mass is 340 g/mol. The molecule has 0 saturated heterocycles. The lowest BCUT2D eigenvalue weighted by molar-refractivity contribution is -0.120. The summed E-state index contributed by atoms with van der Waals surface area (Å²) in [6.45, 7) is 10.2. The first kappa shape index (κ1) is 18.3. The Bertz CT molecular complexity index is 751. The Balaban J connectivity index is 1.94. The van der Waals surface area contributed by atoms with Gasteiger partial charge in [0.1, 0.15) is 0 Å². The number of carbonyl (C=O) groups excluding carboxylic acids is 1. The number of hydrogen-bond acceptors (Lipinski definition) is 3. The SMILES string of the molecule is Cc1ccc(S[C@@H](C)C(=O)N/N=C\c2ccc(C)c(C)c2C)cc1. The van der Waals surface area contributed by atoms with E-state index in [1.54, 1.807) is 6.21 Å². The van der Waals surface area contributed by atoms with E-state index in [-0.39, 0.29) is 11.2 Å². The lowest BCUT2D eigenvalue weighted by Gasteiger charge is -2.10. The molecule has 2 rings (SSSR count). The van der Waals surface area contributed by atoms with Gasteiger partial charge in [0.2, 0.25) is 0 Å². The van der Waals surface area contributed by atoms with Crippen LogP contribution in [0.3, 0.4) is 0 Å². The summed E-state index contributed by atoms with van der Waals surface area (Å²) in [4.78, 5) is 13.2. The number of nitrogens with zero attached hydrogens (tertiary/aromatic N) is 1. The molecule has 0 heterocycles. The number of nitrogens with one attached hydrogen (secondary N) is 1. The van der Waals surface area contributed by atoms with Crippen molar-refractivity contribution in [1.82, 2.24) is 5.43 Å². The van der Waals surface area contributed by atoms with E-state index in [1.807, 2.05) is 44.2 Å². The molecule has 0 bridgehead atoms. The van der Waals surface area contributed by atoms with Crippen LogP contribution < -0.4 is 5.43 Å². The van der Waals surface area contributed by atoms with Crippen LogP contribution in [0.1, 0.15) is 34.7 Å². The van der Waals surface area contributed by atoms with Gasteiger partial charge >= 0.3 is 0 Å². The Morgan fingerprint density at radius 3 is 2.38 bits per heavy atom. The molecule has 1 amide bonds. The molecule has 126 valence electrons. The highest BCUT2D eigenvalue weighted by Crippen LogP contribution is 2.23. The van der Waals surface area contributed by atoms with Crippen molar-refractivity contribution < 1.29 is 4.79 Å². The zero-order valence-corrected chi connectivity index (χ0v) is 15.7. The zero-order valence-electron chi connectivity index (χ0n) is 14.9. The van der Waals surface area contributed by atoms with E-state index in [4.69, 9.17) is 0 Å². The van der Waals surface area contributed by atoms with E-state index in [2.05, 4.69) is 37.4 Å². The van der Waals surface area contributed by atoms with Gasteiger partial charge in [0, 0.05) is 4.90 Å². The second-order valence-corrected chi connectivity index (χ2v) is 7.44. The van der Waals surface area contributed by atoms with Gasteiger partial charge in [0.05, 0.1) is 11.5 Å². The van der Waals surface area contributed by atoms with Gasteiger partial charge in [-0.25, -0.2) is 5.43 Å². The Labute approximate surface area is 148 Å². The molecule has 0 unspecified atom stereocenters. The molecule has 2 aromatic carbocycles. The fourth-order valence-electron chi connectivity index (χ4n) is 2.25. The van der Waals surface area contributed by atoms with Crippen molar-refractivity contribution in [1.29, 1.82) is 0 Å². The Morgan fingerprint density at radius 2 is 1.71 bits per heavy atom. The summed E-state index contributed by atoms with van der Waals surface area (Å²) < 4.78 is 0. The number of amides is 1. The third kappa shape index (κ3) is 4.71. The number of thioether (sulfide) groups is 1. The Hall–Kier alpha value is -2.07. The van der Waals surface area contributed by atoms with Gasteiger partial charge in [-0.15, -0.1) is 11.8 Å². The van der Waals surface area contributed by atoms with Crippen LogP contribution in [-0.2, 0) is 4.79 Å². The van der Waals surface area contributed by atoms with Crippen molar-refractivity contribution in [2.24, 2.45) is 5.10 Å². The number of rotatable bonds is 5. The maximum absolute atomic E-state index is 12.2. The van der Waals surface area contributed by atoms with E-state index in [9.17, 15) is 4.79 Å². The topological polar surface area (TPSA) is 41.5 Å². The Morgan fingerprint density at radius 1 is 1.04 bits per heavy atom. The number of aryl methyl sites for hydroxylation is 2. The molecule has 2 aromatic rings. The van der Waals surface area contributed by atoms with Gasteiger partial charge in [0.15, 0.2) is 0 Å². The molecule has 0 spiro atoms. The normalized spacial score (nSPS) is 12.4. The number of hydrogen-bond donors (Lipinski definition) is 1. The summed E-state index contributed by atoms with van der Waals surface area (Å²) >= 11 is 1.53. The summed E-state index contributed by atoms with van der Waals surface area (Å²) in [5.74, 6) is -0.0988. The average Bonchev–Trinajstić information content (AvgIpc) is 2.56. The van der Waals surface area contributed by atoms with Gasteiger partial charge < -0.3 is 0 Å². The van der Waals surface area contributed by atoms with Gasteiger partial charge in [-0.3, -0.25) is 4.79 Å². The molecule has 0 aliphatic carbocycles. The third-order valence-corrected chi connectivity index (χ3v) is 5.29. The van der Waals surface area contributed by atoms with E-state index in [0.717, 1.165) is 10.5 Å². The minimum absolute atomic E-state index is 0.0988. The first-order chi connectivity index (χ1) is 11.4. The van der Waals surface area contributed by atoms with Crippen molar-refractivity contribution in [3.05, 3.63) is 64.2 Å². The molecular formula is C20H24N2OS. The van der Waals surface area contributed by atoms with Crippen molar-refractivity contribution in [2.75, 3.05) is 0 Å².